The first-order chi connectivity index (χ1) is 9.58. The molecule has 106 valence electrons. The summed E-state index contributed by atoms with van der Waals surface area (Å²) in [7, 11) is 0. The molecule has 0 aromatic heterocycles. The maximum atomic E-state index is 12.6. The van der Waals surface area contributed by atoms with E-state index >= 15 is 0 Å². The van der Waals surface area contributed by atoms with E-state index in [1.807, 2.05) is 6.07 Å². The van der Waals surface area contributed by atoms with Crippen molar-refractivity contribution >= 4 is 33.2 Å². The van der Waals surface area contributed by atoms with Crippen LogP contribution in [0.1, 0.15) is 31.2 Å². The molecule has 3 rings (SSSR count). The number of rotatable bonds is 2. The summed E-state index contributed by atoms with van der Waals surface area (Å²) in [5.41, 5.74) is 1.42. The monoisotopic (exact) mass is 338 g/mol. The van der Waals surface area contributed by atoms with Gasteiger partial charge in [-0.2, -0.15) is 0 Å². The Bertz CT molecular complexity index is 582. The van der Waals surface area contributed by atoms with Gasteiger partial charge in [0.05, 0.1) is 4.92 Å². The van der Waals surface area contributed by atoms with Gasteiger partial charge in [-0.3, -0.25) is 14.9 Å². The molecular weight excluding hydrogens is 324 g/mol. The van der Waals surface area contributed by atoms with Crippen molar-refractivity contribution in [3.63, 3.8) is 0 Å². The Hall–Kier alpha value is -1.43. The van der Waals surface area contributed by atoms with Gasteiger partial charge in [-0.05, 0) is 30.9 Å². The number of amides is 1. The van der Waals surface area contributed by atoms with Crippen molar-refractivity contribution in [2.45, 2.75) is 32.1 Å². The van der Waals surface area contributed by atoms with E-state index in [4.69, 9.17) is 0 Å². The van der Waals surface area contributed by atoms with Gasteiger partial charge in [0.15, 0.2) is 0 Å². The lowest BCUT2D eigenvalue weighted by molar-refractivity contribution is -0.384. The van der Waals surface area contributed by atoms with Gasteiger partial charge in [0, 0.05) is 23.0 Å². The molecule has 5 nitrogen and oxygen atoms in total. The van der Waals surface area contributed by atoms with Gasteiger partial charge < -0.3 is 4.90 Å². The van der Waals surface area contributed by atoms with E-state index in [9.17, 15) is 14.9 Å². The molecular formula is C14H15BrN2O3. The van der Waals surface area contributed by atoms with E-state index in [-0.39, 0.29) is 17.5 Å². The molecule has 6 heteroatoms. The predicted molar refractivity (Wildman–Crippen MR) is 78.8 cm³/mol. The Morgan fingerprint density at radius 3 is 2.70 bits per heavy atom. The molecule has 1 saturated carbocycles. The third-order valence-corrected chi connectivity index (χ3v) is 4.63. The number of carbonyl (C=O) groups is 1. The van der Waals surface area contributed by atoms with Crippen LogP contribution in [0.25, 0.3) is 0 Å². The van der Waals surface area contributed by atoms with Crippen LogP contribution < -0.4 is 4.90 Å². The Morgan fingerprint density at radius 1 is 1.35 bits per heavy atom. The van der Waals surface area contributed by atoms with Crippen molar-refractivity contribution in [2.75, 3.05) is 11.4 Å². The summed E-state index contributed by atoms with van der Waals surface area (Å²) in [5, 5.41) is 11.2. The number of halogens is 1. The third-order valence-electron chi connectivity index (χ3n) is 4.18. The first kappa shape index (κ1) is 13.5. The second-order valence-electron chi connectivity index (χ2n) is 5.41. The molecule has 1 aromatic rings. The van der Waals surface area contributed by atoms with Crippen LogP contribution in [0.2, 0.25) is 0 Å². The highest BCUT2D eigenvalue weighted by atomic mass is 79.9. The molecule has 0 N–H and O–H groups in total. The number of fused-ring (bicyclic) bond motifs is 1. The zero-order valence-corrected chi connectivity index (χ0v) is 12.6. The summed E-state index contributed by atoms with van der Waals surface area (Å²) in [4.78, 5) is 25.0. The molecule has 1 aliphatic heterocycles. The first-order valence-corrected chi connectivity index (χ1v) is 7.65. The first-order valence-electron chi connectivity index (χ1n) is 6.86. The molecule has 2 aliphatic rings. The third kappa shape index (κ3) is 2.22. The molecule has 0 bridgehead atoms. The lowest BCUT2D eigenvalue weighted by atomic mass is 10.1. The Morgan fingerprint density at radius 2 is 2.05 bits per heavy atom. The summed E-state index contributed by atoms with van der Waals surface area (Å²) < 4.78 is 0.693. The lowest BCUT2D eigenvalue weighted by Gasteiger charge is -2.21. The van der Waals surface area contributed by atoms with E-state index in [0.29, 0.717) is 23.1 Å². The zero-order valence-electron chi connectivity index (χ0n) is 11.0. The average molecular weight is 339 g/mol. The number of nitrogens with zero attached hydrogens (tertiary/aromatic N) is 2. The van der Waals surface area contributed by atoms with Gasteiger partial charge in [0.25, 0.3) is 5.69 Å². The highest BCUT2D eigenvalue weighted by Crippen LogP contribution is 2.41. The van der Waals surface area contributed by atoms with Crippen LogP contribution in [0.4, 0.5) is 11.4 Å². The SMILES string of the molecule is O=C(C1CCCC1)N1CCc2cc(Br)cc([N+](=O)[O-])c21. The van der Waals surface area contributed by atoms with Gasteiger partial charge in [-0.15, -0.1) is 0 Å². The van der Waals surface area contributed by atoms with E-state index in [0.717, 1.165) is 31.2 Å². The maximum absolute atomic E-state index is 12.6. The molecule has 1 heterocycles. The molecule has 0 atom stereocenters. The number of anilines is 1. The van der Waals surface area contributed by atoms with Gasteiger partial charge in [-0.25, -0.2) is 0 Å². The predicted octanol–water partition coefficient (Wildman–Crippen LogP) is 3.44. The fraction of sp³-hybridized carbons (Fsp3) is 0.500. The van der Waals surface area contributed by atoms with Crippen molar-refractivity contribution < 1.29 is 9.72 Å². The summed E-state index contributed by atoms with van der Waals surface area (Å²) >= 11 is 3.30. The molecule has 20 heavy (non-hydrogen) atoms. The Balaban J connectivity index is 2.00. The number of benzene rings is 1. The Labute approximate surface area is 125 Å². The average Bonchev–Trinajstić information content (AvgIpc) is 3.05. The molecule has 0 radical (unpaired) electrons. The minimum Gasteiger partial charge on any atom is -0.306 e. The van der Waals surface area contributed by atoms with Crippen LogP contribution in [-0.2, 0) is 11.2 Å². The van der Waals surface area contributed by atoms with Crippen LogP contribution in [0.3, 0.4) is 0 Å². The van der Waals surface area contributed by atoms with Crippen molar-refractivity contribution in [1.29, 1.82) is 0 Å². The van der Waals surface area contributed by atoms with Gasteiger partial charge >= 0.3 is 0 Å². The van der Waals surface area contributed by atoms with Crippen molar-refractivity contribution in [2.24, 2.45) is 5.92 Å². The highest BCUT2D eigenvalue weighted by molar-refractivity contribution is 9.10. The number of nitro groups is 1. The molecule has 0 unspecified atom stereocenters. The zero-order chi connectivity index (χ0) is 14.3. The van der Waals surface area contributed by atoms with E-state index < -0.39 is 4.92 Å². The minimum absolute atomic E-state index is 0.0261. The number of hydrogen-bond acceptors (Lipinski definition) is 3. The lowest BCUT2D eigenvalue weighted by Crippen LogP contribution is -2.34. The van der Waals surface area contributed by atoms with Gasteiger partial charge in [0.2, 0.25) is 5.91 Å². The van der Waals surface area contributed by atoms with E-state index in [1.54, 1.807) is 4.90 Å². The summed E-state index contributed by atoms with van der Waals surface area (Å²) in [6.07, 6.45) is 4.68. The van der Waals surface area contributed by atoms with Crippen molar-refractivity contribution in [1.82, 2.24) is 0 Å². The van der Waals surface area contributed by atoms with Crippen molar-refractivity contribution in [3.8, 4) is 0 Å². The second kappa shape index (κ2) is 5.16. The van der Waals surface area contributed by atoms with Gasteiger partial charge in [-0.1, -0.05) is 28.8 Å². The highest BCUT2D eigenvalue weighted by Gasteiger charge is 2.36. The summed E-state index contributed by atoms with van der Waals surface area (Å²) in [6.45, 7) is 0.557. The summed E-state index contributed by atoms with van der Waals surface area (Å²) in [6, 6.07) is 3.36. The molecule has 1 aromatic carbocycles. The molecule has 1 amide bonds. The fourth-order valence-corrected chi connectivity index (χ4v) is 3.73. The minimum atomic E-state index is -0.399. The largest absolute Gasteiger partial charge is 0.306 e. The quantitative estimate of drug-likeness (QED) is 0.612. The topological polar surface area (TPSA) is 63.5 Å². The van der Waals surface area contributed by atoms with Crippen LogP contribution in [0, 0.1) is 16.0 Å². The second-order valence-corrected chi connectivity index (χ2v) is 6.33. The Kier molecular flexibility index (Phi) is 3.50. The van der Waals surface area contributed by atoms with Crippen molar-refractivity contribution in [3.05, 3.63) is 32.3 Å². The maximum Gasteiger partial charge on any atom is 0.294 e. The van der Waals surface area contributed by atoms with Crippen LogP contribution in [0.15, 0.2) is 16.6 Å². The number of carbonyl (C=O) groups excluding carboxylic acids is 1. The van der Waals surface area contributed by atoms with Gasteiger partial charge in [0.1, 0.15) is 5.69 Å². The molecule has 1 aliphatic carbocycles. The molecule has 1 fully saturated rings. The van der Waals surface area contributed by atoms with Crippen LogP contribution in [0.5, 0.6) is 0 Å². The summed E-state index contributed by atoms with van der Waals surface area (Å²) in [5.74, 6) is 0.107. The number of nitro benzene ring substituents is 1. The van der Waals surface area contributed by atoms with Crippen LogP contribution >= 0.6 is 15.9 Å². The van der Waals surface area contributed by atoms with E-state index in [1.165, 1.54) is 6.07 Å². The van der Waals surface area contributed by atoms with Crippen LogP contribution in [-0.4, -0.2) is 17.4 Å². The number of hydrogen-bond donors (Lipinski definition) is 0. The van der Waals surface area contributed by atoms with E-state index in [2.05, 4.69) is 15.9 Å². The standard InChI is InChI=1S/C14H15BrN2O3/c15-11-7-10-5-6-16(13(10)12(8-11)17(19)20)14(18)9-3-1-2-4-9/h7-9H,1-6H2. The normalized spacial score (nSPS) is 18.4. The molecule has 0 spiro atoms. The fourth-order valence-electron chi connectivity index (χ4n) is 3.24. The smallest absolute Gasteiger partial charge is 0.294 e. The molecule has 0 saturated heterocycles.